The highest BCUT2D eigenvalue weighted by molar-refractivity contribution is 5.79. The maximum atomic E-state index is 5.36. The molecule has 0 aliphatic rings. The molecule has 7 heteroatoms. The summed E-state index contributed by atoms with van der Waals surface area (Å²) in [6.07, 6.45) is 4.67. The van der Waals surface area contributed by atoms with E-state index in [4.69, 9.17) is 9.47 Å². The predicted octanol–water partition coefficient (Wildman–Crippen LogP) is 2.86. The smallest absolute Gasteiger partial charge is 0.191 e. The van der Waals surface area contributed by atoms with Crippen LogP contribution in [0.3, 0.4) is 0 Å². The Balaban J connectivity index is 1.49. The normalized spacial score (nSPS) is 11.2. The average Bonchev–Trinajstić information content (AvgIpc) is 3.23. The van der Waals surface area contributed by atoms with Gasteiger partial charge in [-0.3, -0.25) is 4.99 Å². The van der Waals surface area contributed by atoms with Crippen LogP contribution >= 0.6 is 0 Å². The maximum Gasteiger partial charge on any atom is 0.191 e. The number of aliphatic imine (C=N–C) groups is 1. The first-order valence-corrected chi connectivity index (χ1v) is 9.93. The van der Waals surface area contributed by atoms with E-state index in [1.807, 2.05) is 36.7 Å². The molecule has 7 nitrogen and oxygen atoms in total. The van der Waals surface area contributed by atoms with Gasteiger partial charge in [0, 0.05) is 45.5 Å². The highest BCUT2D eigenvalue weighted by Crippen LogP contribution is 2.27. The molecule has 0 fully saturated rings. The minimum absolute atomic E-state index is 0.628. The van der Waals surface area contributed by atoms with Crippen molar-refractivity contribution >= 4 is 5.96 Å². The fraction of sp³-hybridized carbons (Fsp3) is 0.304. The van der Waals surface area contributed by atoms with Crippen LogP contribution in [-0.2, 0) is 19.5 Å². The molecular weight excluding hydrogens is 378 g/mol. The zero-order chi connectivity index (χ0) is 21.2. The predicted molar refractivity (Wildman–Crippen MR) is 119 cm³/mol. The second-order valence-electron chi connectivity index (χ2n) is 6.75. The number of ether oxygens (including phenoxy) is 2. The van der Waals surface area contributed by atoms with Crippen molar-refractivity contribution < 1.29 is 9.47 Å². The lowest BCUT2D eigenvalue weighted by molar-refractivity contribution is 0.354. The Labute approximate surface area is 177 Å². The molecule has 3 aromatic rings. The molecule has 0 aliphatic heterocycles. The molecule has 0 amide bonds. The zero-order valence-electron chi connectivity index (χ0n) is 17.8. The standard InChI is InChI=1S/C23H29N5O2/c1-24-23(27-16-19-9-10-20(29-2)21(15-19)30-3)26-12-11-22-25-13-14-28(22)17-18-7-5-4-6-8-18/h4-10,13-15H,11-12,16-17H2,1-3H3,(H2,24,26,27). The second kappa shape index (κ2) is 10.9. The first kappa shape index (κ1) is 21.2. The van der Waals surface area contributed by atoms with Crippen LogP contribution in [0, 0.1) is 0 Å². The Kier molecular flexibility index (Phi) is 7.71. The van der Waals surface area contributed by atoms with Crippen molar-refractivity contribution in [3.63, 3.8) is 0 Å². The largest absolute Gasteiger partial charge is 0.493 e. The van der Waals surface area contributed by atoms with Crippen molar-refractivity contribution in [2.45, 2.75) is 19.5 Å². The number of nitrogens with zero attached hydrogens (tertiary/aromatic N) is 3. The lowest BCUT2D eigenvalue weighted by atomic mass is 10.2. The third-order valence-corrected chi connectivity index (χ3v) is 4.77. The van der Waals surface area contributed by atoms with Crippen LogP contribution in [-0.4, -0.2) is 43.3 Å². The number of aromatic nitrogens is 2. The molecule has 3 rings (SSSR count). The van der Waals surface area contributed by atoms with E-state index in [9.17, 15) is 0 Å². The SMILES string of the molecule is CN=C(NCCc1nccn1Cc1ccccc1)NCc1ccc(OC)c(OC)c1. The fourth-order valence-electron chi connectivity index (χ4n) is 3.18. The molecular formula is C23H29N5O2. The number of nitrogens with one attached hydrogen (secondary N) is 2. The molecule has 0 spiro atoms. The summed E-state index contributed by atoms with van der Waals surface area (Å²) < 4.78 is 12.8. The van der Waals surface area contributed by atoms with Crippen LogP contribution in [0.1, 0.15) is 17.0 Å². The number of benzene rings is 2. The van der Waals surface area contributed by atoms with Crippen molar-refractivity contribution in [1.29, 1.82) is 0 Å². The average molecular weight is 408 g/mol. The van der Waals surface area contributed by atoms with Gasteiger partial charge in [0.2, 0.25) is 0 Å². The van der Waals surface area contributed by atoms with Crippen molar-refractivity contribution in [3.8, 4) is 11.5 Å². The topological polar surface area (TPSA) is 72.7 Å². The number of guanidine groups is 1. The summed E-state index contributed by atoms with van der Waals surface area (Å²) in [4.78, 5) is 8.80. The summed E-state index contributed by atoms with van der Waals surface area (Å²) in [5.41, 5.74) is 2.34. The van der Waals surface area contributed by atoms with Gasteiger partial charge in [-0.15, -0.1) is 0 Å². The van der Waals surface area contributed by atoms with Gasteiger partial charge in [-0.1, -0.05) is 36.4 Å². The quantitative estimate of drug-likeness (QED) is 0.422. The van der Waals surface area contributed by atoms with Gasteiger partial charge in [0.05, 0.1) is 14.2 Å². The Morgan fingerprint density at radius 1 is 1.00 bits per heavy atom. The number of rotatable bonds is 9. The maximum absolute atomic E-state index is 5.36. The van der Waals surface area contributed by atoms with E-state index < -0.39 is 0 Å². The summed E-state index contributed by atoms with van der Waals surface area (Å²) in [6.45, 7) is 2.18. The van der Waals surface area contributed by atoms with Gasteiger partial charge in [-0.05, 0) is 23.3 Å². The zero-order valence-corrected chi connectivity index (χ0v) is 17.8. The molecule has 0 saturated heterocycles. The molecule has 0 radical (unpaired) electrons. The lowest BCUT2D eigenvalue weighted by Gasteiger charge is -2.14. The fourth-order valence-corrected chi connectivity index (χ4v) is 3.18. The number of methoxy groups -OCH3 is 2. The van der Waals surface area contributed by atoms with E-state index in [0.29, 0.717) is 12.3 Å². The summed E-state index contributed by atoms with van der Waals surface area (Å²) in [6, 6.07) is 16.3. The molecule has 1 heterocycles. The molecule has 30 heavy (non-hydrogen) atoms. The monoisotopic (exact) mass is 407 g/mol. The van der Waals surface area contributed by atoms with Crippen LogP contribution < -0.4 is 20.1 Å². The Bertz CT molecular complexity index is 953. The first-order chi connectivity index (χ1) is 14.7. The molecule has 0 unspecified atom stereocenters. The molecule has 0 atom stereocenters. The lowest BCUT2D eigenvalue weighted by Crippen LogP contribution is -2.38. The van der Waals surface area contributed by atoms with Crippen LogP contribution in [0.4, 0.5) is 0 Å². The highest BCUT2D eigenvalue weighted by atomic mass is 16.5. The van der Waals surface area contributed by atoms with Crippen LogP contribution in [0.5, 0.6) is 11.5 Å². The van der Waals surface area contributed by atoms with Gasteiger partial charge < -0.3 is 24.7 Å². The minimum atomic E-state index is 0.628. The van der Waals surface area contributed by atoms with Gasteiger partial charge in [0.15, 0.2) is 17.5 Å². The second-order valence-corrected chi connectivity index (χ2v) is 6.75. The van der Waals surface area contributed by atoms with Crippen LogP contribution in [0.2, 0.25) is 0 Å². The van der Waals surface area contributed by atoms with E-state index in [1.165, 1.54) is 5.56 Å². The van der Waals surface area contributed by atoms with Gasteiger partial charge in [-0.2, -0.15) is 0 Å². The molecule has 0 bridgehead atoms. The Hall–Kier alpha value is -3.48. The first-order valence-electron chi connectivity index (χ1n) is 9.93. The van der Waals surface area contributed by atoms with Crippen molar-refractivity contribution in [3.05, 3.63) is 77.9 Å². The Morgan fingerprint density at radius 2 is 1.80 bits per heavy atom. The van der Waals surface area contributed by atoms with Crippen molar-refractivity contribution in [2.24, 2.45) is 4.99 Å². The van der Waals surface area contributed by atoms with Gasteiger partial charge in [0.1, 0.15) is 5.82 Å². The van der Waals surface area contributed by atoms with E-state index >= 15 is 0 Å². The summed E-state index contributed by atoms with van der Waals surface area (Å²) in [5, 5.41) is 6.67. The third kappa shape index (κ3) is 5.76. The Morgan fingerprint density at radius 3 is 2.53 bits per heavy atom. The van der Waals surface area contributed by atoms with E-state index in [2.05, 4.69) is 49.4 Å². The van der Waals surface area contributed by atoms with Crippen LogP contribution in [0.15, 0.2) is 65.9 Å². The molecule has 2 aromatic carbocycles. The van der Waals surface area contributed by atoms with Crippen molar-refractivity contribution in [2.75, 3.05) is 27.8 Å². The van der Waals surface area contributed by atoms with E-state index in [-0.39, 0.29) is 0 Å². The van der Waals surface area contributed by atoms with Crippen molar-refractivity contribution in [1.82, 2.24) is 20.2 Å². The number of hydrogen-bond donors (Lipinski definition) is 2. The molecule has 158 valence electrons. The number of hydrogen-bond acceptors (Lipinski definition) is 4. The van der Waals surface area contributed by atoms with E-state index in [1.54, 1.807) is 21.3 Å². The summed E-state index contributed by atoms with van der Waals surface area (Å²) >= 11 is 0. The highest BCUT2D eigenvalue weighted by Gasteiger charge is 2.07. The van der Waals surface area contributed by atoms with Gasteiger partial charge >= 0.3 is 0 Å². The van der Waals surface area contributed by atoms with E-state index in [0.717, 1.165) is 42.6 Å². The summed E-state index contributed by atoms with van der Waals surface area (Å²) in [5.74, 6) is 3.22. The third-order valence-electron chi connectivity index (χ3n) is 4.77. The van der Waals surface area contributed by atoms with Gasteiger partial charge in [-0.25, -0.2) is 4.98 Å². The molecule has 2 N–H and O–H groups in total. The minimum Gasteiger partial charge on any atom is -0.493 e. The summed E-state index contributed by atoms with van der Waals surface area (Å²) in [7, 11) is 5.03. The van der Waals surface area contributed by atoms with Gasteiger partial charge in [0.25, 0.3) is 0 Å². The number of imidazole rings is 1. The molecule has 1 aromatic heterocycles. The molecule has 0 saturated carbocycles. The molecule has 0 aliphatic carbocycles. The van der Waals surface area contributed by atoms with Crippen LogP contribution in [0.25, 0.3) is 0 Å².